The van der Waals surface area contributed by atoms with E-state index in [4.69, 9.17) is 4.74 Å². The summed E-state index contributed by atoms with van der Waals surface area (Å²) in [7, 11) is 0. The lowest BCUT2D eigenvalue weighted by atomic mass is 9.70. The molecule has 1 aromatic rings. The van der Waals surface area contributed by atoms with E-state index in [0.29, 0.717) is 0 Å². The van der Waals surface area contributed by atoms with E-state index in [1.165, 1.54) is 56.9 Å². The van der Waals surface area contributed by atoms with Crippen LogP contribution in [-0.2, 0) is 0 Å². The summed E-state index contributed by atoms with van der Waals surface area (Å²) in [6, 6.07) is 8.67. The highest BCUT2D eigenvalue weighted by Crippen LogP contribution is 2.41. The van der Waals surface area contributed by atoms with Gasteiger partial charge in [0.25, 0.3) is 0 Å². The van der Waals surface area contributed by atoms with Gasteiger partial charge in [-0.25, -0.2) is 0 Å². The lowest BCUT2D eigenvalue weighted by Gasteiger charge is -2.35. The maximum Gasteiger partial charge on any atom is 0.119 e. The first-order valence-corrected chi connectivity index (χ1v) is 9.72. The Morgan fingerprint density at radius 3 is 2.22 bits per heavy atom. The van der Waals surface area contributed by atoms with Crippen molar-refractivity contribution in [3.63, 3.8) is 0 Å². The largest absolute Gasteiger partial charge is 0.494 e. The average Bonchev–Trinajstić information content (AvgIpc) is 2.63. The predicted octanol–water partition coefficient (Wildman–Crippen LogP) is 6.49. The highest BCUT2D eigenvalue weighted by Gasteiger charge is 2.28. The normalized spacial score (nSPS) is 28.3. The predicted molar refractivity (Wildman–Crippen MR) is 98.7 cm³/mol. The first-order chi connectivity index (χ1) is 11.3. The van der Waals surface area contributed by atoms with Gasteiger partial charge in [-0.1, -0.05) is 44.4 Å². The molecule has 0 N–H and O–H groups in total. The molecule has 0 aliphatic heterocycles. The molecule has 0 saturated heterocycles. The Bertz CT molecular complexity index is 505. The Morgan fingerprint density at radius 2 is 1.65 bits per heavy atom. The third kappa shape index (κ3) is 4.19. The molecule has 2 aliphatic carbocycles. The molecular weight excluding hydrogens is 280 g/mol. The Hall–Kier alpha value is -1.24. The van der Waals surface area contributed by atoms with Gasteiger partial charge in [0.2, 0.25) is 0 Å². The molecule has 1 saturated carbocycles. The molecule has 2 aliphatic rings. The maximum absolute atomic E-state index is 5.54. The monoisotopic (exact) mass is 312 g/mol. The van der Waals surface area contributed by atoms with Crippen molar-refractivity contribution in [2.24, 2.45) is 17.8 Å². The molecule has 1 unspecified atom stereocenters. The topological polar surface area (TPSA) is 9.23 Å². The third-order valence-electron chi connectivity index (χ3n) is 6.12. The standard InChI is InChI=1S/C22H32O/c1-3-17-5-7-18(8-6-17)19-9-11-20(12-10-19)21-13-15-22(16-14-21)23-4-2/h11,13-19H,3-10,12H2,1-2H3. The van der Waals surface area contributed by atoms with Crippen LogP contribution in [0.5, 0.6) is 5.75 Å². The van der Waals surface area contributed by atoms with Crippen molar-refractivity contribution in [3.8, 4) is 5.75 Å². The molecule has 1 fully saturated rings. The Labute approximate surface area is 142 Å². The van der Waals surface area contributed by atoms with Gasteiger partial charge in [0, 0.05) is 0 Å². The second kappa shape index (κ2) is 8.04. The quantitative estimate of drug-likeness (QED) is 0.604. The van der Waals surface area contributed by atoms with Crippen LogP contribution in [0.4, 0.5) is 0 Å². The van der Waals surface area contributed by atoms with Crippen LogP contribution in [0.15, 0.2) is 30.3 Å². The molecule has 23 heavy (non-hydrogen) atoms. The van der Waals surface area contributed by atoms with Crippen LogP contribution >= 0.6 is 0 Å². The van der Waals surface area contributed by atoms with Crippen LogP contribution in [-0.4, -0.2) is 6.61 Å². The Morgan fingerprint density at radius 1 is 0.913 bits per heavy atom. The van der Waals surface area contributed by atoms with Crippen molar-refractivity contribution in [1.82, 2.24) is 0 Å². The van der Waals surface area contributed by atoms with Gasteiger partial charge in [-0.05, 0) is 80.1 Å². The van der Waals surface area contributed by atoms with Crippen LogP contribution in [0, 0.1) is 17.8 Å². The van der Waals surface area contributed by atoms with E-state index < -0.39 is 0 Å². The maximum atomic E-state index is 5.54. The summed E-state index contributed by atoms with van der Waals surface area (Å²) < 4.78 is 5.54. The van der Waals surface area contributed by atoms with Crippen molar-refractivity contribution in [2.45, 2.75) is 65.2 Å². The fourth-order valence-electron chi connectivity index (χ4n) is 4.54. The van der Waals surface area contributed by atoms with Crippen molar-refractivity contribution in [2.75, 3.05) is 6.61 Å². The van der Waals surface area contributed by atoms with E-state index in [0.717, 1.165) is 30.1 Å². The lowest BCUT2D eigenvalue weighted by molar-refractivity contribution is 0.192. The van der Waals surface area contributed by atoms with E-state index in [9.17, 15) is 0 Å². The molecule has 1 aromatic carbocycles. The number of rotatable bonds is 5. The summed E-state index contributed by atoms with van der Waals surface area (Å²) >= 11 is 0. The molecule has 0 radical (unpaired) electrons. The second-order valence-corrected chi connectivity index (χ2v) is 7.41. The molecule has 1 heteroatoms. The molecule has 3 rings (SSSR count). The minimum atomic E-state index is 0.740. The Kier molecular flexibility index (Phi) is 5.80. The minimum absolute atomic E-state index is 0.740. The molecular formula is C22H32O. The van der Waals surface area contributed by atoms with Crippen LogP contribution < -0.4 is 4.74 Å². The molecule has 1 atom stereocenters. The number of benzene rings is 1. The van der Waals surface area contributed by atoms with Crippen molar-refractivity contribution in [3.05, 3.63) is 35.9 Å². The zero-order chi connectivity index (χ0) is 16.1. The van der Waals surface area contributed by atoms with E-state index in [2.05, 4.69) is 37.3 Å². The lowest BCUT2D eigenvalue weighted by Crippen LogP contribution is -2.22. The van der Waals surface area contributed by atoms with E-state index in [1.807, 2.05) is 6.92 Å². The van der Waals surface area contributed by atoms with Gasteiger partial charge in [-0.3, -0.25) is 0 Å². The zero-order valence-electron chi connectivity index (χ0n) is 14.9. The highest BCUT2D eigenvalue weighted by atomic mass is 16.5. The van der Waals surface area contributed by atoms with Crippen molar-refractivity contribution < 1.29 is 4.74 Å². The van der Waals surface area contributed by atoms with Crippen LogP contribution in [0.1, 0.15) is 70.8 Å². The third-order valence-corrected chi connectivity index (χ3v) is 6.12. The van der Waals surface area contributed by atoms with E-state index >= 15 is 0 Å². The molecule has 0 amide bonds. The smallest absolute Gasteiger partial charge is 0.119 e. The van der Waals surface area contributed by atoms with Gasteiger partial charge in [-0.2, -0.15) is 0 Å². The van der Waals surface area contributed by atoms with Crippen molar-refractivity contribution in [1.29, 1.82) is 0 Å². The summed E-state index contributed by atoms with van der Waals surface area (Å²) in [6.07, 6.45) is 13.8. The highest BCUT2D eigenvalue weighted by molar-refractivity contribution is 5.66. The molecule has 0 spiro atoms. The van der Waals surface area contributed by atoms with E-state index in [1.54, 1.807) is 5.57 Å². The van der Waals surface area contributed by atoms with Gasteiger partial charge >= 0.3 is 0 Å². The zero-order valence-corrected chi connectivity index (χ0v) is 14.9. The summed E-state index contributed by atoms with van der Waals surface area (Å²) in [5.74, 6) is 3.94. The first-order valence-electron chi connectivity index (χ1n) is 9.72. The SMILES string of the molecule is CCOc1ccc(C2=CCC(C3CCC(CC)CC3)CC2)cc1. The fraction of sp³-hybridized carbons (Fsp3) is 0.636. The number of hydrogen-bond acceptors (Lipinski definition) is 1. The summed E-state index contributed by atoms with van der Waals surface area (Å²) in [5, 5.41) is 0. The van der Waals surface area contributed by atoms with Gasteiger partial charge in [0.1, 0.15) is 5.75 Å². The molecule has 1 nitrogen and oxygen atoms in total. The fourth-order valence-corrected chi connectivity index (χ4v) is 4.54. The molecule has 0 heterocycles. The number of hydrogen-bond donors (Lipinski definition) is 0. The minimum Gasteiger partial charge on any atom is -0.494 e. The summed E-state index contributed by atoms with van der Waals surface area (Å²) in [4.78, 5) is 0. The van der Waals surface area contributed by atoms with Gasteiger partial charge in [0.05, 0.1) is 6.61 Å². The van der Waals surface area contributed by atoms with Gasteiger partial charge in [-0.15, -0.1) is 0 Å². The molecule has 0 aromatic heterocycles. The first kappa shape index (κ1) is 16.6. The van der Waals surface area contributed by atoms with Gasteiger partial charge in [0.15, 0.2) is 0 Å². The van der Waals surface area contributed by atoms with Crippen LogP contribution in [0.25, 0.3) is 5.57 Å². The van der Waals surface area contributed by atoms with Crippen LogP contribution in [0.3, 0.4) is 0 Å². The van der Waals surface area contributed by atoms with Crippen molar-refractivity contribution >= 4 is 5.57 Å². The molecule has 126 valence electrons. The van der Waals surface area contributed by atoms with E-state index in [-0.39, 0.29) is 0 Å². The summed E-state index contributed by atoms with van der Waals surface area (Å²) in [6.45, 7) is 5.13. The Balaban J connectivity index is 1.56. The number of allylic oxidation sites excluding steroid dienone is 2. The molecule has 0 bridgehead atoms. The second-order valence-electron chi connectivity index (χ2n) is 7.41. The van der Waals surface area contributed by atoms with Crippen LogP contribution in [0.2, 0.25) is 0 Å². The number of ether oxygens (including phenoxy) is 1. The van der Waals surface area contributed by atoms with Gasteiger partial charge < -0.3 is 4.74 Å². The average molecular weight is 312 g/mol. The summed E-state index contributed by atoms with van der Waals surface area (Å²) in [5.41, 5.74) is 2.94.